The molecule has 0 aliphatic heterocycles. The SMILES string of the molecule is CC(Nc1ccc(I)cc1)c1cc(Cl)sc1Cl. The lowest BCUT2D eigenvalue weighted by atomic mass is 10.1. The molecule has 1 heterocycles. The Balaban J connectivity index is 2.14. The zero-order valence-corrected chi connectivity index (χ0v) is 13.5. The molecule has 2 aromatic rings. The lowest BCUT2D eigenvalue weighted by Crippen LogP contribution is -2.05. The summed E-state index contributed by atoms with van der Waals surface area (Å²) in [5, 5.41) is 3.40. The molecule has 1 atom stereocenters. The van der Waals surface area contributed by atoms with Gasteiger partial charge in [-0.05, 0) is 59.8 Å². The van der Waals surface area contributed by atoms with Crippen LogP contribution in [0.2, 0.25) is 8.67 Å². The Morgan fingerprint density at radius 2 is 1.88 bits per heavy atom. The van der Waals surface area contributed by atoms with Gasteiger partial charge >= 0.3 is 0 Å². The van der Waals surface area contributed by atoms with E-state index in [2.05, 4.69) is 59.1 Å². The second-order valence-corrected chi connectivity index (χ2v) is 7.18. The molecule has 1 aromatic carbocycles. The van der Waals surface area contributed by atoms with Gasteiger partial charge in [0.15, 0.2) is 0 Å². The molecule has 0 saturated carbocycles. The zero-order chi connectivity index (χ0) is 12.4. The summed E-state index contributed by atoms with van der Waals surface area (Å²) in [7, 11) is 0. The number of hydrogen-bond acceptors (Lipinski definition) is 2. The quantitative estimate of drug-likeness (QED) is 0.642. The summed E-state index contributed by atoms with van der Waals surface area (Å²) in [6.07, 6.45) is 0. The van der Waals surface area contributed by atoms with Crippen LogP contribution in [0.15, 0.2) is 30.3 Å². The van der Waals surface area contributed by atoms with Crippen molar-refractivity contribution in [3.63, 3.8) is 0 Å². The van der Waals surface area contributed by atoms with E-state index < -0.39 is 0 Å². The van der Waals surface area contributed by atoms with Crippen molar-refractivity contribution >= 4 is 62.8 Å². The Kier molecular flexibility index (Phi) is 4.58. The number of thiophene rings is 1. The van der Waals surface area contributed by atoms with Crippen LogP contribution in [-0.4, -0.2) is 0 Å². The molecule has 1 N–H and O–H groups in total. The monoisotopic (exact) mass is 397 g/mol. The maximum absolute atomic E-state index is 6.12. The van der Waals surface area contributed by atoms with E-state index in [0.717, 1.165) is 19.9 Å². The maximum atomic E-state index is 6.12. The molecule has 1 nitrogen and oxygen atoms in total. The molecule has 0 saturated heterocycles. The van der Waals surface area contributed by atoms with Gasteiger partial charge in [-0.25, -0.2) is 0 Å². The number of nitrogens with one attached hydrogen (secondary N) is 1. The Hall–Kier alpha value is 0.0300. The van der Waals surface area contributed by atoms with E-state index in [-0.39, 0.29) is 6.04 Å². The van der Waals surface area contributed by atoms with Crippen molar-refractivity contribution in [3.05, 3.63) is 48.1 Å². The Bertz CT molecular complexity index is 510. The van der Waals surface area contributed by atoms with Gasteiger partial charge in [-0.3, -0.25) is 0 Å². The molecule has 90 valence electrons. The fourth-order valence-corrected chi connectivity index (χ4v) is 3.53. The summed E-state index contributed by atoms with van der Waals surface area (Å²) in [4.78, 5) is 0. The number of benzene rings is 1. The van der Waals surface area contributed by atoms with Crippen molar-refractivity contribution in [2.75, 3.05) is 5.32 Å². The third-order valence-corrected chi connectivity index (χ3v) is 4.61. The summed E-state index contributed by atoms with van der Waals surface area (Å²) in [6.45, 7) is 2.07. The number of anilines is 1. The Morgan fingerprint density at radius 1 is 1.24 bits per heavy atom. The first kappa shape index (κ1) is 13.5. The molecule has 0 spiro atoms. The van der Waals surface area contributed by atoms with Gasteiger partial charge in [0.05, 0.1) is 14.7 Å². The minimum atomic E-state index is 0.145. The molecule has 0 radical (unpaired) electrons. The summed E-state index contributed by atoms with van der Waals surface area (Å²) in [5.74, 6) is 0. The van der Waals surface area contributed by atoms with Crippen LogP contribution in [0.1, 0.15) is 18.5 Å². The van der Waals surface area contributed by atoms with E-state index in [4.69, 9.17) is 23.2 Å². The molecule has 1 unspecified atom stereocenters. The Morgan fingerprint density at radius 3 is 2.41 bits per heavy atom. The summed E-state index contributed by atoms with van der Waals surface area (Å²) in [6, 6.07) is 10.3. The molecular weight excluding hydrogens is 388 g/mol. The fourth-order valence-electron chi connectivity index (χ4n) is 1.52. The van der Waals surface area contributed by atoms with Gasteiger partial charge in [0.2, 0.25) is 0 Å². The van der Waals surface area contributed by atoms with Gasteiger partial charge in [-0.15, -0.1) is 11.3 Å². The van der Waals surface area contributed by atoms with Crippen LogP contribution in [0, 0.1) is 3.57 Å². The van der Waals surface area contributed by atoms with Crippen molar-refractivity contribution in [2.24, 2.45) is 0 Å². The molecule has 2 rings (SSSR count). The van der Waals surface area contributed by atoms with E-state index in [9.17, 15) is 0 Å². The fraction of sp³-hybridized carbons (Fsp3) is 0.167. The summed E-state index contributed by atoms with van der Waals surface area (Å²) < 4.78 is 2.69. The number of rotatable bonds is 3. The minimum Gasteiger partial charge on any atom is -0.378 e. The predicted molar refractivity (Wildman–Crippen MR) is 85.5 cm³/mol. The van der Waals surface area contributed by atoms with Gasteiger partial charge in [-0.2, -0.15) is 0 Å². The minimum absolute atomic E-state index is 0.145. The molecule has 0 aliphatic carbocycles. The second kappa shape index (κ2) is 5.78. The van der Waals surface area contributed by atoms with Gasteiger partial charge in [-0.1, -0.05) is 23.2 Å². The van der Waals surface area contributed by atoms with E-state index in [1.807, 2.05) is 6.07 Å². The lowest BCUT2D eigenvalue weighted by Gasteiger charge is -2.14. The van der Waals surface area contributed by atoms with Crippen LogP contribution in [0.4, 0.5) is 5.69 Å². The van der Waals surface area contributed by atoms with Gasteiger partial charge in [0.25, 0.3) is 0 Å². The summed E-state index contributed by atoms with van der Waals surface area (Å²) in [5.41, 5.74) is 2.12. The van der Waals surface area contributed by atoms with Crippen LogP contribution in [-0.2, 0) is 0 Å². The highest BCUT2D eigenvalue weighted by Gasteiger charge is 2.13. The average Bonchev–Trinajstić information content (AvgIpc) is 2.61. The first-order valence-corrected chi connectivity index (χ1v) is 7.68. The van der Waals surface area contributed by atoms with Crippen molar-refractivity contribution in [2.45, 2.75) is 13.0 Å². The molecule has 0 bridgehead atoms. The van der Waals surface area contributed by atoms with Crippen molar-refractivity contribution in [3.8, 4) is 0 Å². The van der Waals surface area contributed by atoms with Crippen LogP contribution in [0.3, 0.4) is 0 Å². The third kappa shape index (κ3) is 3.50. The summed E-state index contributed by atoms with van der Waals surface area (Å²) >= 11 is 15.7. The first-order chi connectivity index (χ1) is 8.06. The molecular formula is C12H10Cl2INS. The highest BCUT2D eigenvalue weighted by molar-refractivity contribution is 14.1. The van der Waals surface area contributed by atoms with Crippen LogP contribution in [0.25, 0.3) is 0 Å². The topological polar surface area (TPSA) is 12.0 Å². The van der Waals surface area contributed by atoms with Crippen LogP contribution < -0.4 is 5.32 Å². The molecule has 5 heteroatoms. The molecule has 0 amide bonds. The van der Waals surface area contributed by atoms with Gasteiger partial charge in [0.1, 0.15) is 0 Å². The van der Waals surface area contributed by atoms with Crippen LogP contribution >= 0.6 is 57.1 Å². The number of halogens is 3. The largest absolute Gasteiger partial charge is 0.378 e. The number of hydrogen-bond donors (Lipinski definition) is 1. The van der Waals surface area contributed by atoms with E-state index in [1.165, 1.54) is 14.9 Å². The highest BCUT2D eigenvalue weighted by Crippen LogP contribution is 2.36. The van der Waals surface area contributed by atoms with Crippen LogP contribution in [0.5, 0.6) is 0 Å². The zero-order valence-electron chi connectivity index (χ0n) is 9.01. The van der Waals surface area contributed by atoms with Gasteiger partial charge in [0, 0.05) is 14.8 Å². The first-order valence-electron chi connectivity index (χ1n) is 5.03. The van der Waals surface area contributed by atoms with E-state index in [1.54, 1.807) is 0 Å². The molecule has 17 heavy (non-hydrogen) atoms. The second-order valence-electron chi connectivity index (χ2n) is 3.65. The van der Waals surface area contributed by atoms with Gasteiger partial charge < -0.3 is 5.32 Å². The van der Waals surface area contributed by atoms with Crippen molar-refractivity contribution in [1.29, 1.82) is 0 Å². The van der Waals surface area contributed by atoms with E-state index >= 15 is 0 Å². The molecule has 0 fully saturated rings. The third-order valence-electron chi connectivity index (χ3n) is 2.38. The predicted octanol–water partition coefficient (Wildman–Crippen LogP) is 5.83. The maximum Gasteiger partial charge on any atom is 0.0996 e. The average molecular weight is 398 g/mol. The smallest absolute Gasteiger partial charge is 0.0996 e. The highest BCUT2D eigenvalue weighted by atomic mass is 127. The molecule has 0 aliphatic rings. The molecule has 1 aromatic heterocycles. The van der Waals surface area contributed by atoms with E-state index in [0.29, 0.717) is 0 Å². The van der Waals surface area contributed by atoms with Crippen molar-refractivity contribution < 1.29 is 0 Å². The normalized spacial score (nSPS) is 12.5. The van der Waals surface area contributed by atoms with Crippen molar-refractivity contribution in [1.82, 2.24) is 0 Å². The lowest BCUT2D eigenvalue weighted by molar-refractivity contribution is 0.891. The standard InChI is InChI=1S/C12H10Cl2INS/c1-7(10-6-11(13)17-12(10)14)16-9-4-2-8(15)3-5-9/h2-7,16H,1H3. The Labute approximate surface area is 128 Å².